The van der Waals surface area contributed by atoms with E-state index in [1.807, 2.05) is 0 Å². The SMILES string of the molecule is O=C(COc1ccccc1F)NCCn1cnc(C2CCCC2)cc1=O. The van der Waals surface area contributed by atoms with Gasteiger partial charge in [-0.15, -0.1) is 0 Å². The van der Waals surface area contributed by atoms with Crippen molar-refractivity contribution in [2.24, 2.45) is 0 Å². The fraction of sp³-hybridized carbons (Fsp3) is 0.421. The Morgan fingerprint density at radius 2 is 2.08 bits per heavy atom. The second-order valence-electron chi connectivity index (χ2n) is 6.40. The molecule has 0 aliphatic heterocycles. The minimum atomic E-state index is -0.514. The maximum Gasteiger partial charge on any atom is 0.258 e. The molecule has 0 bridgehead atoms. The summed E-state index contributed by atoms with van der Waals surface area (Å²) in [4.78, 5) is 28.3. The Labute approximate surface area is 151 Å². The zero-order valence-electron chi connectivity index (χ0n) is 14.5. The van der Waals surface area contributed by atoms with Crippen LogP contribution >= 0.6 is 0 Å². The van der Waals surface area contributed by atoms with E-state index >= 15 is 0 Å². The molecule has 1 aromatic carbocycles. The first-order valence-corrected chi connectivity index (χ1v) is 8.84. The standard InChI is InChI=1S/C19H22FN3O3/c20-15-7-3-4-8-17(15)26-12-18(24)21-9-10-23-13-22-16(11-19(23)25)14-5-1-2-6-14/h3-4,7-8,11,13-14H,1-2,5-6,9-10,12H2,(H,21,24). The Balaban J connectivity index is 1.45. The summed E-state index contributed by atoms with van der Waals surface area (Å²) in [7, 11) is 0. The molecule has 1 amide bonds. The largest absolute Gasteiger partial charge is 0.481 e. The fourth-order valence-corrected chi connectivity index (χ4v) is 3.12. The number of carbonyl (C=O) groups excluding carboxylic acids is 1. The monoisotopic (exact) mass is 359 g/mol. The molecule has 0 unspecified atom stereocenters. The predicted octanol–water partition coefficient (Wildman–Crippen LogP) is 2.24. The third kappa shape index (κ3) is 4.68. The van der Waals surface area contributed by atoms with Gasteiger partial charge in [0.1, 0.15) is 0 Å². The molecule has 1 aromatic heterocycles. The highest BCUT2D eigenvalue weighted by molar-refractivity contribution is 5.77. The van der Waals surface area contributed by atoms with E-state index in [4.69, 9.17) is 4.74 Å². The van der Waals surface area contributed by atoms with Crippen LogP contribution in [0.1, 0.15) is 37.3 Å². The van der Waals surface area contributed by atoms with Crippen LogP contribution in [0, 0.1) is 5.82 Å². The molecule has 6 nitrogen and oxygen atoms in total. The lowest BCUT2D eigenvalue weighted by Crippen LogP contribution is -2.34. The number of hydrogen-bond acceptors (Lipinski definition) is 4. The normalized spacial score (nSPS) is 14.3. The molecule has 26 heavy (non-hydrogen) atoms. The molecule has 0 saturated heterocycles. The highest BCUT2D eigenvalue weighted by Crippen LogP contribution is 2.32. The lowest BCUT2D eigenvalue weighted by molar-refractivity contribution is -0.123. The van der Waals surface area contributed by atoms with Gasteiger partial charge in [0, 0.05) is 25.1 Å². The van der Waals surface area contributed by atoms with Crippen molar-refractivity contribution in [3.63, 3.8) is 0 Å². The van der Waals surface area contributed by atoms with Crippen molar-refractivity contribution in [3.8, 4) is 5.75 Å². The Bertz CT molecular complexity index is 816. The van der Waals surface area contributed by atoms with Crippen molar-refractivity contribution in [2.75, 3.05) is 13.2 Å². The van der Waals surface area contributed by atoms with Crippen molar-refractivity contribution in [1.82, 2.24) is 14.9 Å². The molecule has 7 heteroatoms. The maximum atomic E-state index is 13.4. The molecular formula is C19H22FN3O3. The first kappa shape index (κ1) is 18.1. The summed E-state index contributed by atoms with van der Waals surface area (Å²) in [6.07, 6.45) is 6.11. The maximum absolute atomic E-state index is 13.4. The van der Waals surface area contributed by atoms with Crippen molar-refractivity contribution >= 4 is 5.91 Å². The molecule has 1 aliphatic carbocycles. The first-order valence-electron chi connectivity index (χ1n) is 8.84. The zero-order chi connectivity index (χ0) is 18.4. The van der Waals surface area contributed by atoms with Crippen LogP contribution in [0.2, 0.25) is 0 Å². The van der Waals surface area contributed by atoms with Gasteiger partial charge in [-0.25, -0.2) is 9.37 Å². The molecule has 2 aromatic rings. The van der Waals surface area contributed by atoms with Gasteiger partial charge in [-0.3, -0.25) is 14.2 Å². The van der Waals surface area contributed by atoms with E-state index in [1.54, 1.807) is 18.2 Å². The van der Waals surface area contributed by atoms with Gasteiger partial charge in [-0.1, -0.05) is 25.0 Å². The minimum absolute atomic E-state index is 0.0329. The molecule has 3 rings (SSSR count). The van der Waals surface area contributed by atoms with E-state index in [0.717, 1.165) is 18.5 Å². The lowest BCUT2D eigenvalue weighted by atomic mass is 10.0. The summed E-state index contributed by atoms with van der Waals surface area (Å²) in [6, 6.07) is 7.50. The molecule has 1 heterocycles. The fourth-order valence-electron chi connectivity index (χ4n) is 3.12. The first-order chi connectivity index (χ1) is 12.6. The number of aromatic nitrogens is 2. The molecule has 0 atom stereocenters. The molecule has 1 fully saturated rings. The second kappa shape index (κ2) is 8.60. The van der Waals surface area contributed by atoms with Gasteiger partial charge in [0.05, 0.1) is 12.0 Å². The van der Waals surface area contributed by atoms with E-state index in [-0.39, 0.29) is 30.4 Å². The molecular weight excluding hydrogens is 337 g/mol. The number of halogens is 1. The summed E-state index contributed by atoms with van der Waals surface area (Å²) in [5.74, 6) is -0.463. The summed E-state index contributed by atoms with van der Waals surface area (Å²) < 4.78 is 20.0. The topological polar surface area (TPSA) is 73.2 Å². The van der Waals surface area contributed by atoms with Gasteiger partial charge >= 0.3 is 0 Å². The molecule has 0 spiro atoms. The Hall–Kier alpha value is -2.70. The van der Waals surface area contributed by atoms with E-state index in [1.165, 1.54) is 35.9 Å². The second-order valence-corrected chi connectivity index (χ2v) is 6.40. The highest BCUT2D eigenvalue weighted by Gasteiger charge is 2.18. The van der Waals surface area contributed by atoms with Crippen LogP contribution in [0.5, 0.6) is 5.75 Å². The summed E-state index contributed by atoms with van der Waals surface area (Å²) in [5.41, 5.74) is 0.754. The average molecular weight is 359 g/mol. The Kier molecular flexibility index (Phi) is 5.99. The number of rotatable bonds is 7. The molecule has 138 valence electrons. The summed E-state index contributed by atoms with van der Waals surface area (Å²) in [5, 5.41) is 2.64. The summed E-state index contributed by atoms with van der Waals surface area (Å²) >= 11 is 0. The Morgan fingerprint density at radius 1 is 1.31 bits per heavy atom. The van der Waals surface area contributed by atoms with E-state index in [9.17, 15) is 14.0 Å². The average Bonchev–Trinajstić information content (AvgIpc) is 3.17. The van der Waals surface area contributed by atoms with Crippen LogP contribution in [-0.4, -0.2) is 28.6 Å². The van der Waals surface area contributed by atoms with Gasteiger partial charge in [-0.05, 0) is 25.0 Å². The van der Waals surface area contributed by atoms with Gasteiger partial charge < -0.3 is 10.1 Å². The van der Waals surface area contributed by atoms with Gasteiger partial charge in [0.2, 0.25) is 0 Å². The highest BCUT2D eigenvalue weighted by atomic mass is 19.1. The van der Waals surface area contributed by atoms with Crippen LogP contribution in [0.25, 0.3) is 0 Å². The van der Waals surface area contributed by atoms with Crippen molar-refractivity contribution in [1.29, 1.82) is 0 Å². The number of hydrogen-bond donors (Lipinski definition) is 1. The van der Waals surface area contributed by atoms with Crippen LogP contribution in [-0.2, 0) is 11.3 Å². The number of nitrogens with zero attached hydrogens (tertiary/aromatic N) is 2. The molecule has 0 radical (unpaired) electrons. The van der Waals surface area contributed by atoms with E-state index in [0.29, 0.717) is 12.5 Å². The number of amides is 1. The number of nitrogens with one attached hydrogen (secondary N) is 1. The van der Waals surface area contributed by atoms with Crippen LogP contribution in [0.3, 0.4) is 0 Å². The van der Waals surface area contributed by atoms with Gasteiger partial charge in [-0.2, -0.15) is 0 Å². The lowest BCUT2D eigenvalue weighted by Gasteiger charge is -2.11. The number of benzene rings is 1. The van der Waals surface area contributed by atoms with Crippen molar-refractivity contribution in [3.05, 3.63) is 58.5 Å². The van der Waals surface area contributed by atoms with Crippen molar-refractivity contribution in [2.45, 2.75) is 38.1 Å². The predicted molar refractivity (Wildman–Crippen MR) is 94.6 cm³/mol. The molecule has 1 N–H and O–H groups in total. The Morgan fingerprint density at radius 3 is 2.81 bits per heavy atom. The van der Waals surface area contributed by atoms with Crippen LogP contribution in [0.4, 0.5) is 4.39 Å². The van der Waals surface area contributed by atoms with E-state index < -0.39 is 5.82 Å². The van der Waals surface area contributed by atoms with E-state index in [2.05, 4.69) is 10.3 Å². The third-order valence-corrected chi connectivity index (χ3v) is 4.54. The van der Waals surface area contributed by atoms with Crippen LogP contribution in [0.15, 0.2) is 41.5 Å². The molecule has 1 saturated carbocycles. The summed E-state index contributed by atoms with van der Waals surface area (Å²) in [6.45, 7) is 0.306. The quantitative estimate of drug-likeness (QED) is 0.823. The number of carbonyl (C=O) groups is 1. The smallest absolute Gasteiger partial charge is 0.258 e. The molecule has 1 aliphatic rings. The number of ether oxygens (including phenoxy) is 1. The van der Waals surface area contributed by atoms with Crippen molar-refractivity contribution < 1.29 is 13.9 Å². The minimum Gasteiger partial charge on any atom is -0.481 e. The van der Waals surface area contributed by atoms with Crippen LogP contribution < -0.4 is 15.6 Å². The van der Waals surface area contributed by atoms with Gasteiger partial charge in [0.15, 0.2) is 18.2 Å². The van der Waals surface area contributed by atoms with Gasteiger partial charge in [0.25, 0.3) is 11.5 Å². The third-order valence-electron chi connectivity index (χ3n) is 4.54. The number of para-hydroxylation sites is 1. The zero-order valence-corrected chi connectivity index (χ0v) is 14.5.